The summed E-state index contributed by atoms with van der Waals surface area (Å²) in [6.07, 6.45) is -0.277. The Hall–Kier alpha value is -1.35. The van der Waals surface area contributed by atoms with Gasteiger partial charge in [0.05, 0.1) is 0 Å². The van der Waals surface area contributed by atoms with E-state index in [1.807, 2.05) is 30.3 Å². The third kappa shape index (κ3) is 1.13. The quantitative estimate of drug-likeness (QED) is 0.669. The molecule has 1 aromatic rings. The van der Waals surface area contributed by atoms with E-state index in [0.717, 1.165) is 5.56 Å². The number of carbonyl (C=O) groups excluding carboxylic acids is 1. The van der Waals surface area contributed by atoms with Gasteiger partial charge in [-0.05, 0) is 12.5 Å². The van der Waals surface area contributed by atoms with E-state index in [4.69, 9.17) is 9.47 Å². The highest BCUT2D eigenvalue weighted by molar-refractivity contribution is 5.86. The third-order valence-electron chi connectivity index (χ3n) is 2.66. The molecule has 1 saturated heterocycles. The first-order valence-corrected chi connectivity index (χ1v) is 4.49. The van der Waals surface area contributed by atoms with Crippen molar-refractivity contribution in [3.63, 3.8) is 0 Å². The van der Waals surface area contributed by atoms with Gasteiger partial charge in [0.25, 0.3) is 0 Å². The number of benzene rings is 1. The Bertz CT molecular complexity index is 347. The lowest BCUT2D eigenvalue weighted by atomic mass is 9.87. The topological polar surface area (TPSA) is 35.5 Å². The molecule has 1 aromatic carbocycles. The lowest BCUT2D eigenvalue weighted by molar-refractivity contribution is -0.233. The second-order valence-electron chi connectivity index (χ2n) is 3.51. The summed E-state index contributed by atoms with van der Waals surface area (Å²) < 4.78 is 10.2. The molecule has 0 spiro atoms. The summed E-state index contributed by atoms with van der Waals surface area (Å²) in [7, 11) is 1.52. The monoisotopic (exact) mass is 192 g/mol. The smallest absolute Gasteiger partial charge is 0.343 e. The molecule has 74 valence electrons. The lowest BCUT2D eigenvalue weighted by Crippen LogP contribution is -2.56. The predicted molar refractivity (Wildman–Crippen MR) is 50.7 cm³/mol. The number of methoxy groups -OCH3 is 1. The van der Waals surface area contributed by atoms with Gasteiger partial charge < -0.3 is 9.47 Å². The summed E-state index contributed by atoms with van der Waals surface area (Å²) in [4.78, 5) is 11.2. The zero-order chi connectivity index (χ0) is 10.2. The molecule has 0 aliphatic carbocycles. The first-order valence-electron chi connectivity index (χ1n) is 4.49. The minimum absolute atomic E-state index is 0.277. The van der Waals surface area contributed by atoms with Crippen LogP contribution in [-0.2, 0) is 14.3 Å². The third-order valence-corrected chi connectivity index (χ3v) is 2.66. The Morgan fingerprint density at radius 1 is 1.36 bits per heavy atom. The van der Waals surface area contributed by atoms with Crippen LogP contribution in [0, 0.1) is 0 Å². The van der Waals surface area contributed by atoms with Crippen LogP contribution >= 0.6 is 0 Å². The van der Waals surface area contributed by atoms with E-state index < -0.39 is 5.60 Å². The molecule has 0 amide bonds. The molecule has 2 rings (SSSR count). The van der Waals surface area contributed by atoms with Crippen molar-refractivity contribution in [1.29, 1.82) is 0 Å². The van der Waals surface area contributed by atoms with Gasteiger partial charge in [-0.15, -0.1) is 0 Å². The van der Waals surface area contributed by atoms with Crippen molar-refractivity contribution < 1.29 is 14.3 Å². The Morgan fingerprint density at radius 3 is 2.50 bits per heavy atom. The Kier molecular flexibility index (Phi) is 2.04. The molecule has 1 fully saturated rings. The number of hydrogen-bond acceptors (Lipinski definition) is 3. The zero-order valence-electron chi connectivity index (χ0n) is 8.19. The summed E-state index contributed by atoms with van der Waals surface area (Å²) in [5.41, 5.74) is 0.151. The van der Waals surface area contributed by atoms with Crippen LogP contribution in [-0.4, -0.2) is 18.7 Å². The molecule has 1 aliphatic heterocycles. The maximum Gasteiger partial charge on any atom is 0.343 e. The Balaban J connectivity index is 2.27. The van der Waals surface area contributed by atoms with E-state index in [9.17, 15) is 4.79 Å². The van der Waals surface area contributed by atoms with Crippen LogP contribution in [0.4, 0.5) is 0 Å². The summed E-state index contributed by atoms with van der Waals surface area (Å²) in [5, 5.41) is 0. The molecule has 1 heterocycles. The number of esters is 1. The number of cyclic esters (lactones) is 1. The van der Waals surface area contributed by atoms with Crippen molar-refractivity contribution in [2.24, 2.45) is 0 Å². The first kappa shape index (κ1) is 9.21. The van der Waals surface area contributed by atoms with Crippen molar-refractivity contribution in [1.82, 2.24) is 0 Å². The van der Waals surface area contributed by atoms with Gasteiger partial charge in [-0.25, -0.2) is 4.79 Å². The van der Waals surface area contributed by atoms with Crippen LogP contribution in [0.15, 0.2) is 30.3 Å². The van der Waals surface area contributed by atoms with Gasteiger partial charge in [-0.3, -0.25) is 0 Å². The van der Waals surface area contributed by atoms with Gasteiger partial charge in [0, 0.05) is 7.11 Å². The standard InChI is InChI=1S/C11H12O3/c1-11(13-2)9(14-10(11)12)8-6-4-3-5-7-8/h3-7,9H,1-2H3/t9-,11?/m1/s1. The Labute approximate surface area is 82.6 Å². The van der Waals surface area contributed by atoms with E-state index >= 15 is 0 Å². The molecule has 0 bridgehead atoms. The first-order chi connectivity index (χ1) is 6.68. The summed E-state index contributed by atoms with van der Waals surface area (Å²) in [6, 6.07) is 9.60. The van der Waals surface area contributed by atoms with Crippen molar-refractivity contribution in [3.8, 4) is 0 Å². The molecule has 14 heavy (non-hydrogen) atoms. The van der Waals surface area contributed by atoms with Crippen LogP contribution < -0.4 is 0 Å². The largest absolute Gasteiger partial charge is 0.451 e. The average Bonchev–Trinajstić information content (AvgIpc) is 2.25. The van der Waals surface area contributed by atoms with Gasteiger partial charge in [-0.1, -0.05) is 30.3 Å². The molecular weight excluding hydrogens is 180 g/mol. The van der Waals surface area contributed by atoms with Gasteiger partial charge in [-0.2, -0.15) is 0 Å². The number of carbonyl (C=O) groups is 1. The highest BCUT2D eigenvalue weighted by atomic mass is 16.6. The Morgan fingerprint density at radius 2 is 2.00 bits per heavy atom. The zero-order valence-corrected chi connectivity index (χ0v) is 8.19. The van der Waals surface area contributed by atoms with E-state index in [1.165, 1.54) is 7.11 Å². The van der Waals surface area contributed by atoms with Crippen molar-refractivity contribution in [2.75, 3.05) is 7.11 Å². The van der Waals surface area contributed by atoms with Gasteiger partial charge >= 0.3 is 5.97 Å². The predicted octanol–water partition coefficient (Wildman–Crippen LogP) is 1.69. The molecule has 1 aliphatic rings. The fourth-order valence-corrected chi connectivity index (χ4v) is 1.59. The van der Waals surface area contributed by atoms with E-state index in [-0.39, 0.29) is 12.1 Å². The van der Waals surface area contributed by atoms with Crippen molar-refractivity contribution in [3.05, 3.63) is 35.9 Å². The highest BCUT2D eigenvalue weighted by Gasteiger charge is 2.55. The average molecular weight is 192 g/mol. The molecule has 3 nitrogen and oxygen atoms in total. The van der Waals surface area contributed by atoms with E-state index in [0.29, 0.717) is 0 Å². The molecule has 0 saturated carbocycles. The lowest BCUT2D eigenvalue weighted by Gasteiger charge is -2.43. The molecule has 2 atom stereocenters. The van der Waals surface area contributed by atoms with Gasteiger partial charge in [0.15, 0.2) is 6.10 Å². The maximum atomic E-state index is 11.2. The van der Waals surface area contributed by atoms with Gasteiger partial charge in [0.1, 0.15) is 0 Å². The number of hydrogen-bond donors (Lipinski definition) is 0. The highest BCUT2D eigenvalue weighted by Crippen LogP contribution is 2.42. The SMILES string of the molecule is COC1(C)C(=O)O[C@@H]1c1ccccc1. The minimum atomic E-state index is -0.818. The number of ether oxygens (including phenoxy) is 2. The molecule has 0 N–H and O–H groups in total. The van der Waals surface area contributed by atoms with Crippen LogP contribution in [0.5, 0.6) is 0 Å². The second kappa shape index (κ2) is 3.10. The number of rotatable bonds is 2. The molecule has 1 unspecified atom stereocenters. The minimum Gasteiger partial charge on any atom is -0.451 e. The van der Waals surface area contributed by atoms with E-state index in [2.05, 4.69) is 0 Å². The van der Waals surface area contributed by atoms with Gasteiger partial charge in [0.2, 0.25) is 5.60 Å². The summed E-state index contributed by atoms with van der Waals surface area (Å²) in [6.45, 7) is 1.75. The fourth-order valence-electron chi connectivity index (χ4n) is 1.59. The van der Waals surface area contributed by atoms with E-state index in [1.54, 1.807) is 6.92 Å². The summed E-state index contributed by atoms with van der Waals surface area (Å²) >= 11 is 0. The molecule has 0 aromatic heterocycles. The molecule has 0 radical (unpaired) electrons. The van der Waals surface area contributed by atoms with Crippen LogP contribution in [0.2, 0.25) is 0 Å². The molecule has 3 heteroatoms. The van der Waals surface area contributed by atoms with Crippen LogP contribution in [0.1, 0.15) is 18.6 Å². The van der Waals surface area contributed by atoms with Crippen molar-refractivity contribution in [2.45, 2.75) is 18.6 Å². The summed E-state index contributed by atoms with van der Waals surface area (Å²) in [5.74, 6) is -0.297. The van der Waals surface area contributed by atoms with Crippen LogP contribution in [0.3, 0.4) is 0 Å². The normalized spacial score (nSPS) is 30.7. The van der Waals surface area contributed by atoms with Crippen LogP contribution in [0.25, 0.3) is 0 Å². The fraction of sp³-hybridized carbons (Fsp3) is 0.364. The van der Waals surface area contributed by atoms with Crippen molar-refractivity contribution >= 4 is 5.97 Å². The second-order valence-corrected chi connectivity index (χ2v) is 3.51. The maximum absolute atomic E-state index is 11.2. The molecular formula is C11H12O3.